The molecule has 0 aromatic heterocycles. The Kier molecular flexibility index (Phi) is 5.32. The minimum Gasteiger partial charge on any atom is -0.508 e. The fourth-order valence-corrected chi connectivity index (χ4v) is 1.77. The van der Waals surface area contributed by atoms with Crippen LogP contribution in [0.1, 0.15) is 17.5 Å². The third-order valence-electron chi connectivity index (χ3n) is 3.12. The Bertz CT molecular complexity index is 458. The fourth-order valence-electron chi connectivity index (χ4n) is 1.77. The Labute approximate surface area is 114 Å². The summed E-state index contributed by atoms with van der Waals surface area (Å²) >= 11 is 0. The Hall–Kier alpha value is -1.59. The molecule has 0 fully saturated rings. The number of nitrogens with two attached hydrogens (primary N) is 1. The van der Waals surface area contributed by atoms with Crippen molar-refractivity contribution in [2.75, 3.05) is 26.0 Å². The van der Waals surface area contributed by atoms with E-state index in [1.165, 1.54) is 0 Å². The molecule has 5 heteroatoms. The molecule has 0 aliphatic carbocycles. The number of hydrogen-bond donors (Lipinski definition) is 3. The summed E-state index contributed by atoms with van der Waals surface area (Å²) in [4.78, 5) is 14.0. The van der Waals surface area contributed by atoms with E-state index in [9.17, 15) is 9.90 Å². The number of aromatic hydroxyl groups is 1. The van der Waals surface area contributed by atoms with Gasteiger partial charge in [0.05, 0.1) is 11.7 Å². The lowest BCUT2D eigenvalue weighted by molar-refractivity contribution is -0.117. The normalized spacial score (nSPS) is 12.5. The number of anilines is 1. The molecule has 0 bridgehead atoms. The van der Waals surface area contributed by atoms with Crippen molar-refractivity contribution in [1.82, 2.24) is 4.90 Å². The minimum atomic E-state index is -0.552. The second-order valence-corrected chi connectivity index (χ2v) is 5.09. The van der Waals surface area contributed by atoms with Gasteiger partial charge in [0, 0.05) is 5.56 Å². The van der Waals surface area contributed by atoms with E-state index in [2.05, 4.69) is 5.32 Å². The Morgan fingerprint density at radius 2 is 2.05 bits per heavy atom. The van der Waals surface area contributed by atoms with Crippen molar-refractivity contribution in [3.05, 3.63) is 23.3 Å². The zero-order valence-corrected chi connectivity index (χ0v) is 12.0. The lowest BCUT2D eigenvalue weighted by atomic mass is 10.1. The number of nitrogens with zero attached hydrogens (tertiary/aromatic N) is 1. The highest BCUT2D eigenvalue weighted by Crippen LogP contribution is 2.27. The number of aryl methyl sites for hydroxylation is 1. The summed E-state index contributed by atoms with van der Waals surface area (Å²) in [7, 11) is 3.88. The maximum Gasteiger partial charge on any atom is 0.241 e. The first kappa shape index (κ1) is 15.5. The van der Waals surface area contributed by atoms with Gasteiger partial charge in [0.2, 0.25) is 5.91 Å². The number of phenolic OH excluding ortho intramolecular Hbond substituents is 1. The molecule has 1 aromatic rings. The Balaban J connectivity index is 2.74. The first-order valence-corrected chi connectivity index (χ1v) is 6.33. The molecule has 5 nitrogen and oxygen atoms in total. The third-order valence-corrected chi connectivity index (χ3v) is 3.12. The van der Waals surface area contributed by atoms with E-state index in [4.69, 9.17) is 5.73 Å². The average Bonchev–Trinajstić information content (AvgIpc) is 2.36. The molecule has 0 saturated heterocycles. The molecule has 1 aromatic carbocycles. The van der Waals surface area contributed by atoms with Crippen LogP contribution >= 0.6 is 0 Å². The number of amides is 1. The van der Waals surface area contributed by atoms with Gasteiger partial charge in [0.15, 0.2) is 0 Å². The van der Waals surface area contributed by atoms with Gasteiger partial charge < -0.3 is 21.1 Å². The minimum absolute atomic E-state index is 0.169. The van der Waals surface area contributed by atoms with Crippen LogP contribution in [0.2, 0.25) is 0 Å². The van der Waals surface area contributed by atoms with E-state index < -0.39 is 6.04 Å². The molecular weight excluding hydrogens is 242 g/mol. The largest absolute Gasteiger partial charge is 0.508 e. The molecule has 0 aliphatic rings. The molecule has 0 saturated carbocycles. The number of carbonyl (C=O) groups excluding carboxylic acids is 1. The monoisotopic (exact) mass is 265 g/mol. The van der Waals surface area contributed by atoms with E-state index in [0.29, 0.717) is 17.7 Å². The summed E-state index contributed by atoms with van der Waals surface area (Å²) in [6, 6.07) is 2.83. The second kappa shape index (κ2) is 6.54. The molecule has 0 spiro atoms. The average molecular weight is 265 g/mol. The Morgan fingerprint density at radius 3 is 2.63 bits per heavy atom. The van der Waals surface area contributed by atoms with Crippen LogP contribution in [0.15, 0.2) is 12.1 Å². The van der Waals surface area contributed by atoms with Crippen molar-refractivity contribution >= 4 is 11.6 Å². The van der Waals surface area contributed by atoms with Crippen LogP contribution in [-0.2, 0) is 4.79 Å². The van der Waals surface area contributed by atoms with E-state index in [1.54, 1.807) is 19.1 Å². The van der Waals surface area contributed by atoms with E-state index in [-0.39, 0.29) is 11.7 Å². The Morgan fingerprint density at radius 1 is 1.42 bits per heavy atom. The molecule has 19 heavy (non-hydrogen) atoms. The molecule has 1 atom stereocenters. The second-order valence-electron chi connectivity index (χ2n) is 5.09. The van der Waals surface area contributed by atoms with Crippen molar-refractivity contribution in [2.24, 2.45) is 5.73 Å². The standard InChI is InChI=1S/C14H23N3O2/c1-9-5-6-12(18)10(2)13(9)16-14(19)11(15)7-8-17(3)4/h5-6,11,18H,7-8,15H2,1-4H3,(H,16,19). The fraction of sp³-hybridized carbons (Fsp3) is 0.500. The predicted octanol–water partition coefficient (Wildman–Crippen LogP) is 1.23. The maximum absolute atomic E-state index is 12.0. The lowest BCUT2D eigenvalue weighted by Gasteiger charge is -2.17. The van der Waals surface area contributed by atoms with Crippen LogP contribution in [-0.4, -0.2) is 42.6 Å². The van der Waals surface area contributed by atoms with E-state index in [1.807, 2.05) is 25.9 Å². The van der Waals surface area contributed by atoms with Gasteiger partial charge in [0.1, 0.15) is 5.75 Å². The SMILES string of the molecule is Cc1ccc(O)c(C)c1NC(=O)C(N)CCN(C)C. The first-order valence-electron chi connectivity index (χ1n) is 6.33. The van der Waals surface area contributed by atoms with Gasteiger partial charge in [0.25, 0.3) is 0 Å². The van der Waals surface area contributed by atoms with Crippen molar-refractivity contribution in [3.8, 4) is 5.75 Å². The van der Waals surface area contributed by atoms with Crippen LogP contribution in [0.25, 0.3) is 0 Å². The lowest BCUT2D eigenvalue weighted by Crippen LogP contribution is -2.38. The highest BCUT2D eigenvalue weighted by molar-refractivity contribution is 5.96. The van der Waals surface area contributed by atoms with Crippen molar-refractivity contribution in [1.29, 1.82) is 0 Å². The van der Waals surface area contributed by atoms with Gasteiger partial charge in [-0.2, -0.15) is 0 Å². The summed E-state index contributed by atoms with van der Waals surface area (Å²) in [5, 5.41) is 12.5. The van der Waals surface area contributed by atoms with Crippen LogP contribution in [0.3, 0.4) is 0 Å². The van der Waals surface area contributed by atoms with Gasteiger partial charge in [-0.1, -0.05) is 6.07 Å². The van der Waals surface area contributed by atoms with Crippen LogP contribution < -0.4 is 11.1 Å². The van der Waals surface area contributed by atoms with Gasteiger partial charge in [-0.3, -0.25) is 4.79 Å². The van der Waals surface area contributed by atoms with Gasteiger partial charge in [-0.25, -0.2) is 0 Å². The number of hydrogen-bond acceptors (Lipinski definition) is 4. The van der Waals surface area contributed by atoms with Gasteiger partial charge in [-0.05, 0) is 52.5 Å². The summed E-state index contributed by atoms with van der Waals surface area (Å²) in [5.41, 5.74) is 8.06. The van der Waals surface area contributed by atoms with Gasteiger partial charge >= 0.3 is 0 Å². The summed E-state index contributed by atoms with van der Waals surface area (Å²) in [6.07, 6.45) is 0.593. The molecular formula is C14H23N3O2. The molecule has 106 valence electrons. The topological polar surface area (TPSA) is 78.6 Å². The molecule has 0 heterocycles. The quantitative estimate of drug-likeness (QED) is 0.748. The zero-order chi connectivity index (χ0) is 14.6. The number of rotatable bonds is 5. The van der Waals surface area contributed by atoms with Crippen molar-refractivity contribution in [3.63, 3.8) is 0 Å². The molecule has 0 radical (unpaired) electrons. The van der Waals surface area contributed by atoms with Crippen LogP contribution in [0.5, 0.6) is 5.75 Å². The van der Waals surface area contributed by atoms with Crippen LogP contribution in [0, 0.1) is 13.8 Å². The smallest absolute Gasteiger partial charge is 0.241 e. The predicted molar refractivity (Wildman–Crippen MR) is 77.4 cm³/mol. The number of carbonyl (C=O) groups is 1. The van der Waals surface area contributed by atoms with Gasteiger partial charge in [-0.15, -0.1) is 0 Å². The highest BCUT2D eigenvalue weighted by Gasteiger charge is 2.16. The van der Waals surface area contributed by atoms with E-state index >= 15 is 0 Å². The number of nitrogens with one attached hydrogen (secondary N) is 1. The molecule has 1 unspecified atom stereocenters. The molecule has 4 N–H and O–H groups in total. The number of phenols is 1. The van der Waals surface area contributed by atoms with Crippen molar-refractivity contribution < 1.29 is 9.90 Å². The zero-order valence-electron chi connectivity index (χ0n) is 12.0. The molecule has 0 aliphatic heterocycles. The maximum atomic E-state index is 12.0. The molecule has 1 rings (SSSR count). The van der Waals surface area contributed by atoms with Crippen molar-refractivity contribution in [2.45, 2.75) is 26.3 Å². The highest BCUT2D eigenvalue weighted by atomic mass is 16.3. The summed E-state index contributed by atoms with van der Waals surface area (Å²) in [6.45, 7) is 4.41. The third kappa shape index (κ3) is 4.22. The number of benzene rings is 1. The summed E-state index contributed by atoms with van der Waals surface area (Å²) in [5.74, 6) is -0.0542. The molecule has 1 amide bonds. The van der Waals surface area contributed by atoms with E-state index in [0.717, 1.165) is 12.1 Å². The van der Waals surface area contributed by atoms with Crippen LogP contribution in [0.4, 0.5) is 5.69 Å². The summed E-state index contributed by atoms with van der Waals surface area (Å²) < 4.78 is 0. The first-order chi connectivity index (χ1) is 8.82.